The first kappa shape index (κ1) is 15.3. The first-order valence-corrected chi connectivity index (χ1v) is 7.70. The molecule has 0 aliphatic heterocycles. The number of esters is 1. The second kappa shape index (κ2) is 6.64. The molecule has 1 aromatic carbocycles. The van der Waals surface area contributed by atoms with E-state index in [0.29, 0.717) is 11.8 Å². The monoisotopic (exact) mass is 313 g/mol. The summed E-state index contributed by atoms with van der Waals surface area (Å²) < 4.78 is 12.4. The molecule has 23 heavy (non-hydrogen) atoms. The zero-order chi connectivity index (χ0) is 16.2. The van der Waals surface area contributed by atoms with E-state index in [0.717, 1.165) is 35.9 Å². The average molecular weight is 313 g/mol. The van der Waals surface area contributed by atoms with Gasteiger partial charge in [0.05, 0.1) is 7.11 Å². The Bertz CT molecular complexity index is 819. The van der Waals surface area contributed by atoms with Gasteiger partial charge in [-0.05, 0) is 18.6 Å². The molecule has 0 N–H and O–H groups in total. The van der Waals surface area contributed by atoms with Gasteiger partial charge in [-0.25, -0.2) is 0 Å². The first-order valence-electron chi connectivity index (χ1n) is 7.70. The zero-order valence-corrected chi connectivity index (χ0v) is 13.3. The largest absolute Gasteiger partial charge is 0.468 e. The van der Waals surface area contributed by atoms with Crippen LogP contribution in [0.2, 0.25) is 0 Å². The van der Waals surface area contributed by atoms with Gasteiger partial charge < -0.3 is 13.7 Å². The molecule has 0 radical (unpaired) electrons. The van der Waals surface area contributed by atoms with Gasteiger partial charge in [-0.2, -0.15) is 0 Å². The van der Waals surface area contributed by atoms with Gasteiger partial charge in [-0.15, -0.1) is 10.2 Å². The number of ether oxygens (including phenoxy) is 1. The van der Waals surface area contributed by atoms with Gasteiger partial charge in [0.15, 0.2) is 0 Å². The summed E-state index contributed by atoms with van der Waals surface area (Å²) in [6.07, 6.45) is 2.84. The van der Waals surface area contributed by atoms with Crippen molar-refractivity contribution in [2.45, 2.75) is 32.7 Å². The van der Waals surface area contributed by atoms with Gasteiger partial charge in [0.2, 0.25) is 5.89 Å². The van der Waals surface area contributed by atoms with Gasteiger partial charge in [0, 0.05) is 17.3 Å². The molecule has 2 heterocycles. The number of aromatic nitrogens is 3. The molecule has 2 aromatic heterocycles. The Morgan fingerprint density at radius 2 is 2.13 bits per heavy atom. The maximum atomic E-state index is 11.7. The van der Waals surface area contributed by atoms with E-state index in [1.165, 1.54) is 7.11 Å². The summed E-state index contributed by atoms with van der Waals surface area (Å²) in [7, 11) is 1.38. The van der Waals surface area contributed by atoms with Gasteiger partial charge >= 0.3 is 5.97 Å². The summed E-state index contributed by atoms with van der Waals surface area (Å²) in [5.74, 6) is 0.728. The van der Waals surface area contributed by atoms with Gasteiger partial charge in [-0.3, -0.25) is 4.79 Å². The third-order valence-corrected chi connectivity index (χ3v) is 3.76. The van der Waals surface area contributed by atoms with Crippen LogP contribution < -0.4 is 0 Å². The Morgan fingerprint density at radius 1 is 1.30 bits per heavy atom. The van der Waals surface area contributed by atoms with Crippen molar-refractivity contribution >= 4 is 16.9 Å². The van der Waals surface area contributed by atoms with Crippen LogP contribution in [0.25, 0.3) is 22.5 Å². The lowest BCUT2D eigenvalue weighted by molar-refractivity contribution is -0.141. The third-order valence-electron chi connectivity index (χ3n) is 3.76. The molecule has 0 atom stereocenters. The number of hydrogen-bond donors (Lipinski definition) is 0. The number of rotatable bonds is 6. The number of para-hydroxylation sites is 1. The zero-order valence-electron chi connectivity index (χ0n) is 13.3. The Labute approximate surface area is 134 Å². The van der Waals surface area contributed by atoms with Crippen LogP contribution in [0.3, 0.4) is 0 Å². The molecule has 0 amide bonds. The highest BCUT2D eigenvalue weighted by Crippen LogP contribution is 2.27. The number of methoxy groups -OCH3 is 1. The molecular formula is C17H19N3O3. The van der Waals surface area contributed by atoms with Crippen LogP contribution in [0, 0.1) is 0 Å². The second-order valence-corrected chi connectivity index (χ2v) is 5.36. The summed E-state index contributed by atoms with van der Waals surface area (Å²) in [5.41, 5.74) is 1.66. The van der Waals surface area contributed by atoms with Crippen LogP contribution in [0.4, 0.5) is 0 Å². The molecule has 120 valence electrons. The Kier molecular flexibility index (Phi) is 4.41. The molecule has 0 unspecified atom stereocenters. The number of carbonyl (C=O) groups is 1. The predicted molar refractivity (Wildman–Crippen MR) is 85.9 cm³/mol. The standard InChI is InChI=1S/C17H19N3O3/c1-3-4-9-15-18-19-17(23-15)14-10-12-7-5-6-8-13(12)20(14)11-16(21)22-2/h5-8,10H,3-4,9,11H2,1-2H3. The summed E-state index contributed by atoms with van der Waals surface area (Å²) in [4.78, 5) is 11.7. The first-order chi connectivity index (χ1) is 11.2. The number of aryl methyl sites for hydroxylation is 1. The predicted octanol–water partition coefficient (Wildman–Crippen LogP) is 3.21. The van der Waals surface area contributed by atoms with Gasteiger partial charge in [-0.1, -0.05) is 31.5 Å². The van der Waals surface area contributed by atoms with Gasteiger partial charge in [0.1, 0.15) is 12.2 Å². The van der Waals surface area contributed by atoms with Crippen LogP contribution in [0.15, 0.2) is 34.7 Å². The van der Waals surface area contributed by atoms with Crippen molar-refractivity contribution in [3.05, 3.63) is 36.2 Å². The van der Waals surface area contributed by atoms with Crippen molar-refractivity contribution in [3.63, 3.8) is 0 Å². The van der Waals surface area contributed by atoms with E-state index in [9.17, 15) is 4.79 Å². The highest BCUT2D eigenvalue weighted by Gasteiger charge is 2.18. The lowest BCUT2D eigenvalue weighted by Crippen LogP contribution is -2.12. The minimum Gasteiger partial charge on any atom is -0.468 e. The maximum Gasteiger partial charge on any atom is 0.325 e. The summed E-state index contributed by atoms with van der Waals surface area (Å²) in [6, 6.07) is 9.78. The van der Waals surface area contributed by atoms with Crippen molar-refractivity contribution in [2.24, 2.45) is 0 Å². The smallest absolute Gasteiger partial charge is 0.325 e. The summed E-state index contributed by atoms with van der Waals surface area (Å²) in [6.45, 7) is 2.22. The topological polar surface area (TPSA) is 70.2 Å². The summed E-state index contributed by atoms with van der Waals surface area (Å²) >= 11 is 0. The molecule has 0 spiro atoms. The number of unbranched alkanes of at least 4 members (excludes halogenated alkanes) is 1. The lowest BCUT2D eigenvalue weighted by atomic mass is 10.2. The molecule has 6 nitrogen and oxygen atoms in total. The molecular weight excluding hydrogens is 294 g/mol. The normalized spacial score (nSPS) is 11.0. The van der Waals surface area contributed by atoms with Crippen LogP contribution in [0.5, 0.6) is 0 Å². The van der Waals surface area contributed by atoms with Crippen molar-refractivity contribution in [2.75, 3.05) is 7.11 Å². The van der Waals surface area contributed by atoms with E-state index in [4.69, 9.17) is 9.15 Å². The molecule has 3 aromatic rings. The molecule has 3 rings (SSSR count). The van der Waals surface area contributed by atoms with E-state index < -0.39 is 0 Å². The minimum atomic E-state index is -0.321. The fraction of sp³-hybridized carbons (Fsp3) is 0.353. The van der Waals surface area contributed by atoms with Crippen molar-refractivity contribution < 1.29 is 13.9 Å². The second-order valence-electron chi connectivity index (χ2n) is 5.36. The molecule has 0 aliphatic rings. The van der Waals surface area contributed by atoms with Crippen molar-refractivity contribution in [1.82, 2.24) is 14.8 Å². The Hall–Kier alpha value is -2.63. The van der Waals surface area contributed by atoms with E-state index in [1.807, 2.05) is 34.9 Å². The van der Waals surface area contributed by atoms with Crippen molar-refractivity contribution in [3.8, 4) is 11.6 Å². The van der Waals surface area contributed by atoms with E-state index >= 15 is 0 Å². The number of nitrogens with zero attached hydrogens (tertiary/aromatic N) is 3. The van der Waals surface area contributed by atoms with Crippen LogP contribution >= 0.6 is 0 Å². The van der Waals surface area contributed by atoms with Crippen molar-refractivity contribution in [1.29, 1.82) is 0 Å². The molecule has 0 bridgehead atoms. The van der Waals surface area contributed by atoms with Crippen LogP contribution in [-0.2, 0) is 22.5 Å². The van der Waals surface area contributed by atoms with E-state index in [1.54, 1.807) is 0 Å². The van der Waals surface area contributed by atoms with E-state index in [-0.39, 0.29) is 12.5 Å². The summed E-state index contributed by atoms with van der Waals surface area (Å²) in [5, 5.41) is 9.25. The molecule has 0 saturated carbocycles. The number of hydrogen-bond acceptors (Lipinski definition) is 5. The molecule has 6 heteroatoms. The number of carbonyl (C=O) groups excluding carboxylic acids is 1. The molecule has 0 aliphatic carbocycles. The highest BCUT2D eigenvalue weighted by atomic mass is 16.5. The van der Waals surface area contributed by atoms with E-state index in [2.05, 4.69) is 17.1 Å². The number of benzene rings is 1. The Balaban J connectivity index is 2.03. The third kappa shape index (κ3) is 3.11. The average Bonchev–Trinajstić information content (AvgIpc) is 3.18. The highest BCUT2D eigenvalue weighted by molar-refractivity contribution is 5.87. The number of fused-ring (bicyclic) bond motifs is 1. The minimum absolute atomic E-state index is 0.103. The molecule has 0 saturated heterocycles. The lowest BCUT2D eigenvalue weighted by Gasteiger charge is -2.06. The van der Waals surface area contributed by atoms with Gasteiger partial charge in [0.25, 0.3) is 5.89 Å². The fourth-order valence-electron chi connectivity index (χ4n) is 2.54. The SMILES string of the molecule is CCCCc1nnc(-c2cc3ccccc3n2CC(=O)OC)o1. The molecule has 0 fully saturated rings. The fourth-order valence-corrected chi connectivity index (χ4v) is 2.54. The van der Waals surface area contributed by atoms with Crippen LogP contribution in [-0.4, -0.2) is 27.8 Å². The quantitative estimate of drug-likeness (QED) is 0.654. The maximum absolute atomic E-state index is 11.7. The van der Waals surface area contributed by atoms with Crippen LogP contribution in [0.1, 0.15) is 25.7 Å². The Morgan fingerprint density at radius 3 is 2.91 bits per heavy atom.